The minimum Gasteiger partial charge on any atom is -0.444 e. The zero-order chi connectivity index (χ0) is 14.6. The van der Waals surface area contributed by atoms with Crippen molar-refractivity contribution >= 4 is 6.09 Å². The van der Waals surface area contributed by atoms with E-state index in [1.54, 1.807) is 0 Å². The van der Waals surface area contributed by atoms with Gasteiger partial charge in [0.2, 0.25) is 0 Å². The largest absolute Gasteiger partial charge is 0.444 e. The van der Waals surface area contributed by atoms with E-state index in [0.717, 1.165) is 26.1 Å². The molecule has 4 heteroatoms. The fourth-order valence-electron chi connectivity index (χ4n) is 3.19. The highest BCUT2D eigenvalue weighted by Gasteiger charge is 2.28. The third-order valence-electron chi connectivity index (χ3n) is 4.22. The lowest BCUT2D eigenvalue weighted by atomic mass is 9.98. The minimum absolute atomic E-state index is 0.150. The Morgan fingerprint density at radius 1 is 1.20 bits per heavy atom. The molecular weight excluding hydrogens is 252 g/mol. The summed E-state index contributed by atoms with van der Waals surface area (Å²) in [6.45, 7) is 8.50. The number of rotatable bonds is 3. The summed E-state index contributed by atoms with van der Waals surface area (Å²) in [5, 5.41) is 3.68. The van der Waals surface area contributed by atoms with Gasteiger partial charge < -0.3 is 15.0 Å². The van der Waals surface area contributed by atoms with Gasteiger partial charge in [0.15, 0.2) is 0 Å². The zero-order valence-electron chi connectivity index (χ0n) is 13.3. The molecule has 1 N–H and O–H groups in total. The van der Waals surface area contributed by atoms with E-state index in [1.165, 1.54) is 32.1 Å². The summed E-state index contributed by atoms with van der Waals surface area (Å²) in [7, 11) is 0. The van der Waals surface area contributed by atoms with Gasteiger partial charge in [-0.05, 0) is 58.9 Å². The van der Waals surface area contributed by atoms with Crippen LogP contribution in [0.5, 0.6) is 0 Å². The Labute approximate surface area is 123 Å². The van der Waals surface area contributed by atoms with Gasteiger partial charge in [-0.1, -0.05) is 12.8 Å². The highest BCUT2D eigenvalue weighted by molar-refractivity contribution is 5.68. The zero-order valence-corrected chi connectivity index (χ0v) is 13.3. The van der Waals surface area contributed by atoms with E-state index in [-0.39, 0.29) is 6.09 Å². The molecule has 1 aliphatic heterocycles. The van der Waals surface area contributed by atoms with Crippen LogP contribution in [-0.2, 0) is 4.74 Å². The summed E-state index contributed by atoms with van der Waals surface area (Å²) in [6.07, 6.45) is 7.54. The van der Waals surface area contributed by atoms with Gasteiger partial charge in [0.25, 0.3) is 0 Å². The number of piperidine rings is 1. The van der Waals surface area contributed by atoms with Crippen LogP contribution in [0.2, 0.25) is 0 Å². The SMILES string of the molecule is CC(C)(C)OC(=O)N1CCC[C@@H](CNC2CCCC2)C1. The number of nitrogens with one attached hydrogen (secondary N) is 1. The maximum absolute atomic E-state index is 12.1. The summed E-state index contributed by atoms with van der Waals surface area (Å²) < 4.78 is 5.47. The molecule has 20 heavy (non-hydrogen) atoms. The van der Waals surface area contributed by atoms with Gasteiger partial charge in [0.05, 0.1) is 0 Å². The number of hydrogen-bond donors (Lipinski definition) is 1. The average Bonchev–Trinajstić information content (AvgIpc) is 2.88. The second-order valence-corrected chi connectivity index (χ2v) is 7.32. The van der Waals surface area contributed by atoms with Gasteiger partial charge in [0, 0.05) is 19.1 Å². The third-order valence-corrected chi connectivity index (χ3v) is 4.22. The Balaban J connectivity index is 1.74. The van der Waals surface area contributed by atoms with Gasteiger partial charge >= 0.3 is 6.09 Å². The summed E-state index contributed by atoms with van der Waals surface area (Å²) in [5.41, 5.74) is -0.397. The van der Waals surface area contributed by atoms with Crippen LogP contribution in [-0.4, -0.2) is 42.3 Å². The van der Waals surface area contributed by atoms with Crippen molar-refractivity contribution in [1.82, 2.24) is 10.2 Å². The van der Waals surface area contributed by atoms with Gasteiger partial charge in [-0.25, -0.2) is 4.79 Å². The predicted octanol–water partition coefficient (Wildman–Crippen LogP) is 3.17. The van der Waals surface area contributed by atoms with Crippen LogP contribution in [0.1, 0.15) is 59.3 Å². The van der Waals surface area contributed by atoms with Crippen LogP contribution in [0.3, 0.4) is 0 Å². The van der Waals surface area contributed by atoms with Crippen molar-refractivity contribution < 1.29 is 9.53 Å². The van der Waals surface area contributed by atoms with Crippen molar-refractivity contribution in [2.75, 3.05) is 19.6 Å². The summed E-state index contributed by atoms with van der Waals surface area (Å²) in [5.74, 6) is 0.580. The smallest absolute Gasteiger partial charge is 0.410 e. The third kappa shape index (κ3) is 4.97. The molecule has 0 radical (unpaired) electrons. The average molecular weight is 282 g/mol. The molecule has 0 aromatic heterocycles. The Hall–Kier alpha value is -0.770. The first-order valence-electron chi connectivity index (χ1n) is 8.15. The van der Waals surface area contributed by atoms with Gasteiger partial charge in [-0.3, -0.25) is 0 Å². The molecule has 2 aliphatic rings. The lowest BCUT2D eigenvalue weighted by molar-refractivity contribution is 0.0165. The number of hydrogen-bond acceptors (Lipinski definition) is 3. The molecule has 1 amide bonds. The Morgan fingerprint density at radius 3 is 2.55 bits per heavy atom. The number of carbonyl (C=O) groups excluding carboxylic acids is 1. The molecule has 1 saturated heterocycles. The molecule has 2 rings (SSSR count). The van der Waals surface area contributed by atoms with Crippen LogP contribution in [0.4, 0.5) is 4.79 Å². The molecule has 1 atom stereocenters. The van der Waals surface area contributed by atoms with Crippen molar-refractivity contribution in [3.05, 3.63) is 0 Å². The van der Waals surface area contributed by atoms with Crippen molar-refractivity contribution in [2.45, 2.75) is 70.9 Å². The van der Waals surface area contributed by atoms with Crippen LogP contribution in [0.15, 0.2) is 0 Å². The minimum atomic E-state index is -0.397. The number of ether oxygens (including phenoxy) is 1. The fourth-order valence-corrected chi connectivity index (χ4v) is 3.19. The van der Waals surface area contributed by atoms with Crippen LogP contribution >= 0.6 is 0 Å². The molecule has 2 fully saturated rings. The summed E-state index contributed by atoms with van der Waals surface area (Å²) >= 11 is 0. The lowest BCUT2D eigenvalue weighted by Crippen LogP contribution is -2.45. The van der Waals surface area contributed by atoms with E-state index in [9.17, 15) is 4.79 Å². The molecule has 1 heterocycles. The van der Waals surface area contributed by atoms with Crippen molar-refractivity contribution in [3.8, 4) is 0 Å². The van der Waals surface area contributed by atoms with E-state index in [1.807, 2.05) is 25.7 Å². The Kier molecular flexibility index (Phi) is 5.30. The van der Waals surface area contributed by atoms with Crippen LogP contribution in [0.25, 0.3) is 0 Å². The summed E-state index contributed by atoms with van der Waals surface area (Å²) in [6, 6.07) is 0.715. The highest BCUT2D eigenvalue weighted by atomic mass is 16.6. The number of likely N-dealkylation sites (tertiary alicyclic amines) is 1. The molecule has 0 aromatic carbocycles. The van der Waals surface area contributed by atoms with Crippen LogP contribution in [0, 0.1) is 5.92 Å². The van der Waals surface area contributed by atoms with E-state index in [2.05, 4.69) is 5.32 Å². The molecule has 1 saturated carbocycles. The Bertz CT molecular complexity index is 319. The van der Waals surface area contributed by atoms with Crippen molar-refractivity contribution in [3.63, 3.8) is 0 Å². The number of amides is 1. The van der Waals surface area contributed by atoms with E-state index in [4.69, 9.17) is 4.74 Å². The molecular formula is C16H30N2O2. The first-order valence-corrected chi connectivity index (χ1v) is 8.15. The topological polar surface area (TPSA) is 41.6 Å². The normalized spacial score (nSPS) is 24.9. The fraction of sp³-hybridized carbons (Fsp3) is 0.938. The van der Waals surface area contributed by atoms with Gasteiger partial charge in [0.1, 0.15) is 5.60 Å². The number of nitrogens with zero attached hydrogens (tertiary/aromatic N) is 1. The second kappa shape index (κ2) is 6.79. The molecule has 1 aliphatic carbocycles. The first-order chi connectivity index (χ1) is 9.44. The second-order valence-electron chi connectivity index (χ2n) is 7.32. The highest BCUT2D eigenvalue weighted by Crippen LogP contribution is 2.21. The maximum Gasteiger partial charge on any atom is 0.410 e. The van der Waals surface area contributed by atoms with Gasteiger partial charge in [-0.2, -0.15) is 0 Å². The van der Waals surface area contributed by atoms with Crippen molar-refractivity contribution in [1.29, 1.82) is 0 Å². The standard InChI is InChI=1S/C16H30N2O2/c1-16(2,3)20-15(19)18-10-6-7-13(12-18)11-17-14-8-4-5-9-14/h13-14,17H,4-12H2,1-3H3/t13-/m0/s1. The predicted molar refractivity (Wildman–Crippen MR) is 80.8 cm³/mol. The lowest BCUT2D eigenvalue weighted by Gasteiger charge is -2.34. The molecule has 4 nitrogen and oxygen atoms in total. The first kappa shape index (κ1) is 15.6. The van der Waals surface area contributed by atoms with Gasteiger partial charge in [-0.15, -0.1) is 0 Å². The monoisotopic (exact) mass is 282 g/mol. The molecule has 0 aromatic rings. The van der Waals surface area contributed by atoms with E-state index < -0.39 is 5.60 Å². The molecule has 0 unspecified atom stereocenters. The molecule has 0 bridgehead atoms. The molecule has 0 spiro atoms. The summed E-state index contributed by atoms with van der Waals surface area (Å²) in [4.78, 5) is 14.0. The quantitative estimate of drug-likeness (QED) is 0.864. The van der Waals surface area contributed by atoms with Crippen molar-refractivity contribution in [2.24, 2.45) is 5.92 Å². The maximum atomic E-state index is 12.1. The molecule has 116 valence electrons. The van der Waals surface area contributed by atoms with E-state index in [0.29, 0.717) is 12.0 Å². The van der Waals surface area contributed by atoms with E-state index >= 15 is 0 Å². The number of carbonyl (C=O) groups is 1. The Morgan fingerprint density at radius 2 is 1.90 bits per heavy atom. The van der Waals surface area contributed by atoms with Crippen LogP contribution < -0.4 is 5.32 Å².